The van der Waals surface area contributed by atoms with Crippen LogP contribution in [0.25, 0.3) is 44.5 Å². The first kappa shape index (κ1) is 117. The number of cyclic esters (lactones) is 1. The number of nitrogens with one attached hydrogen (secondary N) is 1. The number of likely N-dealkylation sites (N-methyl/N-ethyl adjacent to an activating group) is 2. The molecule has 146 heavy (non-hydrogen) atoms. The van der Waals surface area contributed by atoms with Crippen molar-refractivity contribution in [3.63, 3.8) is 0 Å². The first-order valence-electron chi connectivity index (χ1n) is 50.2. The Balaban J connectivity index is 0.000000203. The second-order valence-electron chi connectivity index (χ2n) is 38.9. The summed E-state index contributed by atoms with van der Waals surface area (Å²) in [7, 11) is 4.81. The molecular weight excluding hydrogens is 1940 g/mol. The lowest BCUT2D eigenvalue weighted by atomic mass is 9.98. The van der Waals surface area contributed by atoms with E-state index in [2.05, 4.69) is 71.1 Å². The molecular formula is C111H147N4O27P2SSi+. The summed E-state index contributed by atoms with van der Waals surface area (Å²) in [6.07, 6.45) is 8.47. The number of carboxylic acids is 3. The quantitative estimate of drug-likeness (QED) is 0.00839. The van der Waals surface area contributed by atoms with Crippen molar-refractivity contribution in [3.8, 4) is 44.5 Å². The lowest BCUT2D eigenvalue weighted by Crippen LogP contribution is -2.47. The third-order valence-electron chi connectivity index (χ3n) is 25.2. The summed E-state index contributed by atoms with van der Waals surface area (Å²) in [5.74, 6) is -4.54. The maximum Gasteiger partial charge on any atom is 0.413 e. The molecule has 8 aromatic carbocycles. The van der Waals surface area contributed by atoms with Crippen LogP contribution in [0.15, 0.2) is 206 Å². The van der Waals surface area contributed by atoms with Crippen molar-refractivity contribution in [2.45, 2.75) is 216 Å². The maximum absolute atomic E-state index is 12.8. The minimum absolute atomic E-state index is 0.0370. The highest BCUT2D eigenvalue weighted by Crippen LogP contribution is 2.49. The van der Waals surface area contributed by atoms with E-state index in [0.29, 0.717) is 6.61 Å². The van der Waals surface area contributed by atoms with Crippen molar-refractivity contribution in [1.82, 2.24) is 20.0 Å². The van der Waals surface area contributed by atoms with Crippen LogP contribution in [0.4, 0.5) is 19.2 Å². The molecule has 31 nitrogen and oxygen atoms in total. The Bertz CT molecular complexity index is 5380. The van der Waals surface area contributed by atoms with E-state index < -0.39 is 102 Å². The Labute approximate surface area is 869 Å². The number of rotatable bonds is 35. The fourth-order valence-corrected chi connectivity index (χ4v) is 19.2. The summed E-state index contributed by atoms with van der Waals surface area (Å²) >= 11 is 4.31. The van der Waals surface area contributed by atoms with Crippen LogP contribution in [0, 0.1) is 0 Å². The molecule has 16 rings (SSSR count). The zero-order valence-corrected chi connectivity index (χ0v) is 90.0. The van der Waals surface area contributed by atoms with Crippen LogP contribution in [-0.2, 0) is 92.6 Å². The van der Waals surface area contributed by atoms with Crippen LogP contribution in [0.2, 0.25) is 18.1 Å². The number of aliphatic carboxylic acids is 3. The van der Waals surface area contributed by atoms with Gasteiger partial charge in [-0.25, -0.2) is 38.4 Å². The number of carbonyl (C=O) groups is 8. The molecule has 792 valence electrons. The van der Waals surface area contributed by atoms with Gasteiger partial charge in [0.2, 0.25) is 0 Å². The molecule has 4 heterocycles. The summed E-state index contributed by atoms with van der Waals surface area (Å²) < 4.78 is 76.5. The van der Waals surface area contributed by atoms with E-state index in [0.717, 1.165) is 138 Å². The second-order valence-corrected chi connectivity index (χ2v) is 45.8. The molecule has 4 aliphatic carbocycles. The summed E-state index contributed by atoms with van der Waals surface area (Å²) in [6.45, 7) is 22.5. The summed E-state index contributed by atoms with van der Waals surface area (Å²) in [5, 5.41) is 59.9. The Morgan fingerprint density at radius 3 is 1.12 bits per heavy atom. The average molecular weight is 2090 g/mol. The minimum Gasteiger partial charge on any atom is -0.502 e. The number of carbonyl (C=O) groups excluding carboxylic acids is 5. The lowest BCUT2D eigenvalue weighted by molar-refractivity contribution is -0.228. The number of hydrogen-bond acceptors (Lipinski definition) is 25. The summed E-state index contributed by atoms with van der Waals surface area (Å²) in [5.41, 5.74) is 13.9. The number of esters is 1. The van der Waals surface area contributed by atoms with E-state index in [1.54, 1.807) is 47.8 Å². The van der Waals surface area contributed by atoms with Crippen LogP contribution >= 0.6 is 15.9 Å². The molecule has 0 bridgehead atoms. The van der Waals surface area contributed by atoms with Crippen LogP contribution in [0.3, 0.4) is 0 Å². The van der Waals surface area contributed by atoms with Crippen LogP contribution in [-0.4, -0.2) is 283 Å². The fraction of sp³-hybridized carbons (Fsp3) is 0.477. The van der Waals surface area contributed by atoms with Crippen molar-refractivity contribution < 1.29 is 131 Å². The number of carboxylic acid groups (broad SMARTS) is 3. The van der Waals surface area contributed by atoms with E-state index in [1.165, 1.54) is 62.8 Å². The van der Waals surface area contributed by atoms with Gasteiger partial charge in [-0.05, 0) is 195 Å². The smallest absolute Gasteiger partial charge is 0.413 e. The van der Waals surface area contributed by atoms with Gasteiger partial charge in [0, 0.05) is 66.4 Å². The molecule has 0 saturated carbocycles. The zero-order valence-electron chi connectivity index (χ0n) is 87.0. The number of nitrogens with zero attached hydrogens (tertiary/aromatic N) is 3. The molecule has 4 amide bonds. The standard InChI is InChI=1S/C28H35NO7.C23H25NO6.C23H27NO6.C22H25NO6.C6H16Si.C5H8O.C4H8O.H2P2S/c1-28(2,36-25-14-8-9-15-34-25)18-33-17-24(26(30)31)29(3)27(32)35-16-23-21-12-6-4-10-19(21)20-11-5-7-13-22(20)23;1-23(2,27)13-28-12-20-21(25)30-14-24(20)22(26)29-11-19-17-9-5-3-7-15(17)16-8-4-6-10-18(16)19;1-23(2,28)14-29-13-20(21(25)26)24(3)22(27)30-12-19-17-10-6-4-8-15(17)16-9-5-7-11-18(16)19;1-22(2,27)13-28-12-19(20(24)25)23-21(26)29-11-18-16-9-5-3-7-14(16)15-8-4-6-10-17(15)18;1-4-7(5-2)6-3;1-2-4-6-5-3-1;1-2-4-5-3-1;1-2-3/h4-7,10-13,23-25H,8-9,14-18H2,1-3H3,(H,30,31);3-10,19-20,27H,11-14H2,1-2H3;4-11,19-20,28H,12-14H2,1-3H3,(H,25,26);3-10,18-19,27H,11-13H2,1-2H3,(H,23,26)(H,24,25);7H,4-6H2,1-3H3;2,4H,1,3,5H2;1-4H2;1H2/p+1/t24-,25?;2*20-;19-;;;;/m0000..../s1/i/hT. The first-order valence-corrected chi connectivity index (χ1v) is 55.7. The Hall–Kier alpha value is -11.0. The van der Waals surface area contributed by atoms with Gasteiger partial charge in [-0.1, -0.05) is 233 Å². The lowest BCUT2D eigenvalue weighted by Gasteiger charge is -2.33. The predicted molar refractivity (Wildman–Crippen MR) is 569 cm³/mol. The van der Waals surface area contributed by atoms with Gasteiger partial charge in [-0.2, -0.15) is 0 Å². The molecule has 3 fully saturated rings. The molecule has 4 aliphatic heterocycles. The van der Waals surface area contributed by atoms with Gasteiger partial charge in [-0.3, -0.25) is 14.7 Å². The average Bonchev–Trinajstić information content (AvgIpc) is 1.63. The number of hydrogen-bond donors (Lipinski definition) is 7. The van der Waals surface area contributed by atoms with Crippen LogP contribution in [0.5, 0.6) is 0 Å². The van der Waals surface area contributed by atoms with Gasteiger partial charge in [-0.15, -0.1) is 0 Å². The second kappa shape index (κ2) is 59.3. The third-order valence-corrected chi connectivity index (χ3v) is 28.6. The number of alkyl carbamates (subject to hydrolysis) is 1. The van der Waals surface area contributed by atoms with Crippen molar-refractivity contribution >= 4 is 84.8 Å². The Morgan fingerprint density at radius 1 is 0.479 bits per heavy atom. The molecule has 35 heteroatoms. The molecule has 8 aliphatic rings. The fourth-order valence-electron chi connectivity index (χ4n) is 17.5. The van der Waals surface area contributed by atoms with Crippen molar-refractivity contribution in [1.29, 1.82) is 1.28 Å². The summed E-state index contributed by atoms with van der Waals surface area (Å²) in [4.78, 5) is 101. The van der Waals surface area contributed by atoms with Crippen molar-refractivity contribution in [2.75, 3.05) is 127 Å². The topological polar surface area (TPSA) is 400 Å². The van der Waals surface area contributed by atoms with E-state index in [-0.39, 0.29) is 125 Å². The normalized spacial score (nSPS) is 16.3. The van der Waals surface area contributed by atoms with Gasteiger partial charge in [0.15, 0.2) is 56.0 Å². The third kappa shape index (κ3) is 36.5. The summed E-state index contributed by atoms with van der Waals surface area (Å²) in [6, 6.07) is 64.1. The molecule has 0 aromatic heterocycles. The van der Waals surface area contributed by atoms with E-state index in [1.807, 2.05) is 190 Å². The Morgan fingerprint density at radius 2 is 0.822 bits per heavy atom. The number of allylic oxidation sites excluding steroid dienone is 1. The zero-order chi connectivity index (χ0) is 107. The van der Waals surface area contributed by atoms with Crippen molar-refractivity contribution in [3.05, 3.63) is 251 Å². The van der Waals surface area contributed by atoms with Crippen molar-refractivity contribution in [2.24, 2.45) is 0 Å². The largest absolute Gasteiger partial charge is 0.502 e. The van der Waals surface area contributed by atoms with Crippen LogP contribution < -0.4 is 5.32 Å². The predicted octanol–water partition coefficient (Wildman–Crippen LogP) is 18.7. The van der Waals surface area contributed by atoms with Gasteiger partial charge in [0.25, 0.3) is 0 Å². The molecule has 3 saturated heterocycles. The molecule has 3 unspecified atom stereocenters. The number of ether oxygens (including phenoxy) is 13. The molecule has 7 N–H and O–H groups in total. The molecule has 0 spiro atoms. The number of amides is 4. The highest BCUT2D eigenvalue weighted by molar-refractivity contribution is 8.24. The van der Waals surface area contributed by atoms with E-state index in [9.17, 15) is 69.0 Å². The number of fused-ring (bicyclic) bond motifs is 12. The van der Waals surface area contributed by atoms with Gasteiger partial charge < -0.3 is 97.5 Å². The molecule has 8 aromatic rings. The number of benzene rings is 8. The monoisotopic (exact) mass is 2090 g/mol. The van der Waals surface area contributed by atoms with Gasteiger partial charge in [0.1, 0.15) is 26.4 Å². The molecule has 0 radical (unpaired) electrons. The molecule has 7 atom stereocenters. The highest BCUT2D eigenvalue weighted by Gasteiger charge is 2.42. The minimum atomic E-state index is -1.27. The first-order chi connectivity index (χ1) is 70.1. The van der Waals surface area contributed by atoms with E-state index in [4.69, 9.17) is 62.9 Å². The number of aliphatic hydroxyl groups is 3. The van der Waals surface area contributed by atoms with E-state index >= 15 is 0 Å². The van der Waals surface area contributed by atoms with Gasteiger partial charge >= 0.3 is 49.5 Å². The Kier molecular flexibility index (Phi) is 47.5. The van der Waals surface area contributed by atoms with Crippen LogP contribution in [0.1, 0.15) is 189 Å². The van der Waals surface area contributed by atoms with Gasteiger partial charge in [0.05, 0.1) is 97.1 Å². The maximum atomic E-state index is 12.8. The highest BCUT2D eigenvalue weighted by atomic mass is 32.6. The SMILES string of the molecule is C1=COCCC1.C1CCOC1.CC(C)(O)COC[C@H](NC(=O)OCC1c2ccccc2-c2ccccc21)C(=O)O.CC(C)(O)COC[C@H]1C(=O)OCN1C(=O)OCC1c2ccccc2-c2ccccc21.CC[SiH](CC)CC.CN(C(=O)OCC1c2ccccc2-c2ccccc21)[C@@H](COCC(C)(C)O)C(=O)O.CN(C(=O)OCC1c2ccccc2-c2ccccc21)[C@@H](COCC(C)(C)OC1CCCCO1)C(=O)O.[3H][P+](P)=S.